The number of rotatable bonds is 3. The summed E-state index contributed by atoms with van der Waals surface area (Å²) in [5.74, 6) is 0.737. The summed E-state index contributed by atoms with van der Waals surface area (Å²) in [5.41, 5.74) is 9.14. The van der Waals surface area contributed by atoms with Gasteiger partial charge in [-0.05, 0) is 53.6 Å². The van der Waals surface area contributed by atoms with E-state index in [2.05, 4.69) is 107 Å². The molecule has 37 heavy (non-hydrogen) atoms. The molecule has 176 valence electrons. The molecule has 6 aromatic rings. The smallest absolute Gasteiger partial charge is 0.217 e. The summed E-state index contributed by atoms with van der Waals surface area (Å²) in [6, 6.07) is 38.5. The van der Waals surface area contributed by atoms with Crippen molar-refractivity contribution in [3.8, 4) is 16.9 Å². The zero-order valence-corrected chi connectivity index (χ0v) is 20.1. The number of aliphatic imine (C=N–C) groups is 1. The standard InChI is InChI=1S/C33H23N3O/c1-2-11-25-21(8-1)20-31-32(25)35-33(37-31)23-9-7-10-24(18-23)36-29-14-4-3-12-26(29)27-16-15-22(19-30(27)36)28-13-5-6-17-34-28/h1-19,31-32H,20H2/t31-,32+/m0/s1. The van der Waals surface area contributed by atoms with Crippen molar-refractivity contribution in [1.29, 1.82) is 0 Å². The Morgan fingerprint density at radius 3 is 2.51 bits per heavy atom. The van der Waals surface area contributed by atoms with Crippen molar-refractivity contribution in [2.24, 2.45) is 4.99 Å². The van der Waals surface area contributed by atoms with Gasteiger partial charge in [0.2, 0.25) is 5.90 Å². The van der Waals surface area contributed by atoms with E-state index >= 15 is 0 Å². The average Bonchev–Trinajstić information content (AvgIpc) is 3.63. The average molecular weight is 478 g/mol. The molecule has 0 N–H and O–H groups in total. The molecule has 2 aliphatic rings. The molecule has 4 aromatic carbocycles. The predicted molar refractivity (Wildman–Crippen MR) is 148 cm³/mol. The lowest BCUT2D eigenvalue weighted by Crippen LogP contribution is -2.13. The highest BCUT2D eigenvalue weighted by Crippen LogP contribution is 2.41. The van der Waals surface area contributed by atoms with Crippen LogP contribution in [0.3, 0.4) is 0 Å². The number of fused-ring (bicyclic) bond motifs is 6. The molecular formula is C33H23N3O. The van der Waals surface area contributed by atoms with Gasteiger partial charge in [0.05, 0.1) is 16.7 Å². The van der Waals surface area contributed by atoms with E-state index < -0.39 is 0 Å². The van der Waals surface area contributed by atoms with Gasteiger partial charge in [-0.25, -0.2) is 4.99 Å². The Morgan fingerprint density at radius 2 is 1.57 bits per heavy atom. The lowest BCUT2D eigenvalue weighted by atomic mass is 10.1. The van der Waals surface area contributed by atoms with Gasteiger partial charge in [0.25, 0.3) is 0 Å². The van der Waals surface area contributed by atoms with Crippen molar-refractivity contribution in [3.05, 3.63) is 132 Å². The Bertz CT molecular complexity index is 1850. The molecule has 1 aliphatic heterocycles. The summed E-state index contributed by atoms with van der Waals surface area (Å²) in [6.07, 6.45) is 2.84. The number of nitrogens with zero attached hydrogens (tertiary/aromatic N) is 3. The molecule has 2 atom stereocenters. The van der Waals surface area contributed by atoms with Crippen molar-refractivity contribution >= 4 is 27.7 Å². The first-order valence-corrected chi connectivity index (χ1v) is 12.7. The molecule has 1 aliphatic carbocycles. The topological polar surface area (TPSA) is 39.4 Å². The Balaban J connectivity index is 1.28. The van der Waals surface area contributed by atoms with Crippen LogP contribution >= 0.6 is 0 Å². The summed E-state index contributed by atoms with van der Waals surface area (Å²) < 4.78 is 8.75. The van der Waals surface area contributed by atoms with Crippen LogP contribution < -0.4 is 0 Å². The van der Waals surface area contributed by atoms with E-state index in [1.54, 1.807) is 0 Å². The number of ether oxygens (including phenoxy) is 1. The fourth-order valence-corrected chi connectivity index (χ4v) is 5.96. The van der Waals surface area contributed by atoms with Crippen LogP contribution in [-0.2, 0) is 11.2 Å². The minimum absolute atomic E-state index is 0.0871. The van der Waals surface area contributed by atoms with Crippen molar-refractivity contribution in [2.75, 3.05) is 0 Å². The highest BCUT2D eigenvalue weighted by Gasteiger charge is 2.39. The van der Waals surface area contributed by atoms with E-state index in [1.807, 2.05) is 18.3 Å². The Labute approximate surface area is 214 Å². The van der Waals surface area contributed by atoms with Crippen LogP contribution in [0.25, 0.3) is 38.8 Å². The first-order valence-electron chi connectivity index (χ1n) is 12.7. The maximum absolute atomic E-state index is 6.41. The minimum atomic E-state index is 0.0871. The van der Waals surface area contributed by atoms with Gasteiger partial charge >= 0.3 is 0 Å². The van der Waals surface area contributed by atoms with E-state index in [4.69, 9.17) is 9.73 Å². The Kier molecular flexibility index (Phi) is 4.38. The minimum Gasteiger partial charge on any atom is -0.471 e. The van der Waals surface area contributed by atoms with E-state index in [0.29, 0.717) is 0 Å². The highest BCUT2D eigenvalue weighted by molar-refractivity contribution is 6.10. The van der Waals surface area contributed by atoms with Crippen molar-refractivity contribution < 1.29 is 4.74 Å². The van der Waals surface area contributed by atoms with Crippen molar-refractivity contribution in [1.82, 2.24) is 9.55 Å². The second kappa shape index (κ2) is 7.90. The Hall–Kier alpha value is -4.70. The largest absolute Gasteiger partial charge is 0.471 e. The summed E-state index contributed by atoms with van der Waals surface area (Å²) in [6.45, 7) is 0. The van der Waals surface area contributed by atoms with Gasteiger partial charge in [-0.1, -0.05) is 66.7 Å². The van der Waals surface area contributed by atoms with Gasteiger partial charge in [-0.3, -0.25) is 4.98 Å². The van der Waals surface area contributed by atoms with E-state index in [1.165, 1.54) is 27.4 Å². The van der Waals surface area contributed by atoms with Crippen molar-refractivity contribution in [2.45, 2.75) is 18.6 Å². The third-order valence-corrected chi connectivity index (χ3v) is 7.65. The number of aromatic nitrogens is 2. The number of hydrogen-bond acceptors (Lipinski definition) is 3. The van der Waals surface area contributed by atoms with Crippen LogP contribution in [0.5, 0.6) is 0 Å². The molecule has 0 saturated carbocycles. The van der Waals surface area contributed by atoms with Gasteiger partial charge < -0.3 is 9.30 Å². The second-order valence-corrected chi connectivity index (χ2v) is 9.79. The molecule has 0 saturated heterocycles. The summed E-state index contributed by atoms with van der Waals surface area (Å²) in [5, 5.41) is 2.46. The monoisotopic (exact) mass is 477 g/mol. The highest BCUT2D eigenvalue weighted by atomic mass is 16.5. The molecule has 2 aromatic heterocycles. The summed E-state index contributed by atoms with van der Waals surface area (Å²) >= 11 is 0. The second-order valence-electron chi connectivity index (χ2n) is 9.79. The molecule has 4 heteroatoms. The lowest BCUT2D eigenvalue weighted by Gasteiger charge is -2.12. The Morgan fingerprint density at radius 1 is 0.703 bits per heavy atom. The molecule has 3 heterocycles. The summed E-state index contributed by atoms with van der Waals surface area (Å²) in [7, 11) is 0. The fraction of sp³-hybridized carbons (Fsp3) is 0.0909. The van der Waals surface area contributed by atoms with Gasteiger partial charge in [0.1, 0.15) is 12.1 Å². The molecule has 0 unspecified atom stereocenters. The molecule has 4 nitrogen and oxygen atoms in total. The number of hydrogen-bond donors (Lipinski definition) is 0. The maximum Gasteiger partial charge on any atom is 0.217 e. The van der Waals surface area contributed by atoms with Gasteiger partial charge in [0.15, 0.2) is 0 Å². The maximum atomic E-state index is 6.41. The molecule has 0 bridgehead atoms. The normalized spacial score (nSPS) is 18.0. The molecule has 8 rings (SSSR count). The van der Waals surface area contributed by atoms with Crippen LogP contribution in [-0.4, -0.2) is 21.6 Å². The number of para-hydroxylation sites is 1. The third kappa shape index (κ3) is 3.15. The van der Waals surface area contributed by atoms with E-state index in [0.717, 1.165) is 40.3 Å². The number of benzene rings is 4. The van der Waals surface area contributed by atoms with Gasteiger partial charge in [-0.2, -0.15) is 0 Å². The molecule has 0 fully saturated rings. The molecule has 0 amide bonds. The van der Waals surface area contributed by atoms with E-state index in [9.17, 15) is 0 Å². The first-order chi connectivity index (χ1) is 18.3. The van der Waals surface area contributed by atoms with Crippen LogP contribution in [0.15, 0.2) is 120 Å². The van der Waals surface area contributed by atoms with Crippen LogP contribution in [0, 0.1) is 0 Å². The number of pyridine rings is 1. The molecular weight excluding hydrogens is 454 g/mol. The predicted octanol–water partition coefficient (Wildman–Crippen LogP) is 7.29. The van der Waals surface area contributed by atoms with Crippen LogP contribution in [0.1, 0.15) is 22.7 Å². The quantitative estimate of drug-likeness (QED) is 0.268. The molecule has 0 spiro atoms. The lowest BCUT2D eigenvalue weighted by molar-refractivity contribution is 0.206. The zero-order chi connectivity index (χ0) is 24.3. The fourth-order valence-electron chi connectivity index (χ4n) is 5.96. The molecule has 0 radical (unpaired) electrons. The van der Waals surface area contributed by atoms with Crippen molar-refractivity contribution in [3.63, 3.8) is 0 Å². The van der Waals surface area contributed by atoms with E-state index in [-0.39, 0.29) is 12.1 Å². The van der Waals surface area contributed by atoms with Gasteiger partial charge in [-0.15, -0.1) is 0 Å². The van der Waals surface area contributed by atoms with Crippen LogP contribution in [0.2, 0.25) is 0 Å². The third-order valence-electron chi connectivity index (χ3n) is 7.65. The van der Waals surface area contributed by atoms with Gasteiger partial charge in [0, 0.05) is 40.2 Å². The van der Waals surface area contributed by atoms with Crippen LogP contribution in [0.4, 0.5) is 0 Å². The first kappa shape index (κ1) is 20.5. The SMILES string of the molecule is c1ccc(-c2ccc3c4ccccc4n(-c4cccc(C5=N[C@@H]6c7ccccc7C[C@@H]6O5)c4)c3c2)nc1. The zero-order valence-electron chi connectivity index (χ0n) is 20.1. The summed E-state index contributed by atoms with van der Waals surface area (Å²) in [4.78, 5) is 9.62.